The number of hydrogen-bond acceptors (Lipinski definition) is 6. The predicted molar refractivity (Wildman–Crippen MR) is 197 cm³/mol. The van der Waals surface area contributed by atoms with Gasteiger partial charge >= 0.3 is 5.97 Å². The Labute approximate surface area is 296 Å². The first-order valence-electron chi connectivity index (χ1n) is 19.6. The molecule has 0 aliphatic carbocycles. The van der Waals surface area contributed by atoms with Gasteiger partial charge in [-0.3, -0.25) is 9.59 Å². The molecule has 0 saturated carbocycles. The molecule has 0 spiro atoms. The molecule has 4 bridgehead atoms. The Kier molecular flexibility index (Phi) is 14.8. The summed E-state index contributed by atoms with van der Waals surface area (Å²) in [6, 6.07) is 0.647. The van der Waals surface area contributed by atoms with Gasteiger partial charge in [0, 0.05) is 37.9 Å². The van der Waals surface area contributed by atoms with E-state index in [9.17, 15) is 9.59 Å². The summed E-state index contributed by atoms with van der Waals surface area (Å²) in [5.41, 5.74) is 2.41. The normalized spacial score (nSPS) is 34.5. The number of esters is 1. The van der Waals surface area contributed by atoms with Gasteiger partial charge in [-0.15, -0.1) is 0 Å². The minimum atomic E-state index is -0.385. The van der Waals surface area contributed by atoms with Gasteiger partial charge in [0.25, 0.3) is 0 Å². The number of ether oxygens (including phenoxy) is 3. The Hall–Kier alpha value is -2.48. The monoisotopic (exact) mass is 676 g/mol. The van der Waals surface area contributed by atoms with Crippen LogP contribution in [0.15, 0.2) is 59.8 Å². The highest BCUT2D eigenvalue weighted by Gasteiger charge is 2.33. The van der Waals surface area contributed by atoms with Gasteiger partial charge in [-0.05, 0) is 103 Å². The number of rotatable bonds is 6. The van der Waals surface area contributed by atoms with Crippen molar-refractivity contribution < 1.29 is 23.8 Å². The number of hydrogen-bond donors (Lipinski definition) is 0. The van der Waals surface area contributed by atoms with E-state index >= 15 is 0 Å². The van der Waals surface area contributed by atoms with E-state index in [1.807, 2.05) is 37.3 Å². The molecule has 5 aliphatic rings. The molecular formula is C42H64N2O5. The fraction of sp³-hybridized carbons (Fsp3) is 0.714. The summed E-state index contributed by atoms with van der Waals surface area (Å²) in [4.78, 5) is 31.0. The van der Waals surface area contributed by atoms with Gasteiger partial charge in [0.15, 0.2) is 0 Å². The minimum absolute atomic E-state index is 0.0176. The third-order valence-electron chi connectivity index (χ3n) is 11.4. The van der Waals surface area contributed by atoms with Crippen molar-refractivity contribution in [1.29, 1.82) is 0 Å². The molecule has 7 heteroatoms. The number of piperidine rings is 2. The van der Waals surface area contributed by atoms with E-state index in [0.29, 0.717) is 18.4 Å². The summed E-state index contributed by atoms with van der Waals surface area (Å²) in [7, 11) is 0. The third kappa shape index (κ3) is 12.1. The number of nitrogens with zero attached hydrogens (tertiary/aromatic N) is 2. The van der Waals surface area contributed by atoms with E-state index in [-0.39, 0.29) is 54.7 Å². The summed E-state index contributed by atoms with van der Waals surface area (Å²) in [6.45, 7) is 12.7. The van der Waals surface area contributed by atoms with Crippen molar-refractivity contribution in [2.45, 2.75) is 154 Å². The lowest BCUT2D eigenvalue weighted by molar-refractivity contribution is -0.154. The average molecular weight is 677 g/mol. The zero-order valence-electron chi connectivity index (χ0n) is 30.9. The van der Waals surface area contributed by atoms with Crippen molar-refractivity contribution in [2.24, 2.45) is 11.8 Å². The number of fused-ring (bicyclic) bond motifs is 4. The van der Waals surface area contributed by atoms with Crippen molar-refractivity contribution in [3.05, 3.63) is 59.8 Å². The van der Waals surface area contributed by atoms with Crippen LogP contribution in [0.25, 0.3) is 0 Å². The Bertz CT molecular complexity index is 1220. The van der Waals surface area contributed by atoms with Crippen LogP contribution in [-0.2, 0) is 23.8 Å². The summed E-state index contributed by atoms with van der Waals surface area (Å²) in [5.74, 6) is 0.403. The predicted octanol–water partition coefficient (Wildman–Crippen LogP) is 8.27. The number of allylic oxidation sites excluding steroid dienone is 6. The second kappa shape index (κ2) is 19.2. The second-order valence-electron chi connectivity index (χ2n) is 15.6. The van der Waals surface area contributed by atoms with Gasteiger partial charge in [0.2, 0.25) is 5.91 Å². The number of likely N-dealkylation sites (tertiary alicyclic amines) is 2. The summed E-state index contributed by atoms with van der Waals surface area (Å²) in [6.07, 6.45) is 30.5. The molecule has 7 atom stereocenters. The van der Waals surface area contributed by atoms with Crippen LogP contribution in [0.1, 0.15) is 118 Å². The van der Waals surface area contributed by atoms with E-state index < -0.39 is 0 Å². The molecular weight excluding hydrogens is 612 g/mol. The molecule has 5 rings (SSSR count). The molecule has 4 fully saturated rings. The van der Waals surface area contributed by atoms with E-state index in [1.165, 1.54) is 44.3 Å². The first-order valence-corrected chi connectivity index (χ1v) is 19.6. The molecule has 0 aromatic heterocycles. The van der Waals surface area contributed by atoms with Crippen molar-refractivity contribution in [1.82, 2.24) is 9.80 Å². The minimum Gasteiger partial charge on any atom is -0.457 e. The van der Waals surface area contributed by atoms with Crippen LogP contribution in [0.4, 0.5) is 0 Å². The second-order valence-corrected chi connectivity index (χ2v) is 15.6. The highest BCUT2D eigenvalue weighted by atomic mass is 16.5. The smallest absolute Gasteiger partial charge is 0.309 e. The van der Waals surface area contributed by atoms with Crippen LogP contribution < -0.4 is 0 Å². The fourth-order valence-corrected chi connectivity index (χ4v) is 8.46. The zero-order chi connectivity index (χ0) is 34.6. The summed E-state index contributed by atoms with van der Waals surface area (Å²) < 4.78 is 19.2. The first kappa shape index (κ1) is 37.8. The Balaban J connectivity index is 1.17. The zero-order valence-corrected chi connectivity index (χ0v) is 30.9. The van der Waals surface area contributed by atoms with Crippen LogP contribution in [0.3, 0.4) is 0 Å². The van der Waals surface area contributed by atoms with Crippen molar-refractivity contribution >= 4 is 11.9 Å². The van der Waals surface area contributed by atoms with Gasteiger partial charge in [-0.25, -0.2) is 0 Å². The van der Waals surface area contributed by atoms with E-state index in [4.69, 9.17) is 14.2 Å². The van der Waals surface area contributed by atoms with E-state index in [2.05, 4.69) is 48.8 Å². The molecule has 7 nitrogen and oxygen atoms in total. The first-order chi connectivity index (χ1) is 23.7. The van der Waals surface area contributed by atoms with Crippen LogP contribution >= 0.6 is 0 Å². The molecule has 0 aromatic carbocycles. The molecule has 272 valence electrons. The van der Waals surface area contributed by atoms with Crippen LogP contribution in [0.5, 0.6) is 0 Å². The molecule has 4 saturated heterocycles. The average Bonchev–Trinajstić information content (AvgIpc) is 3.10. The number of carbonyl (C=O) groups excluding carboxylic acids is 2. The quantitative estimate of drug-likeness (QED) is 0.160. The van der Waals surface area contributed by atoms with Crippen LogP contribution in [0.2, 0.25) is 0 Å². The molecule has 5 heterocycles. The standard InChI is InChI=1S/C42H64N2O5/c1-5-34-27-38-29-37-15-12-14-36(47-37)25-32(3)17-18-33(4)40(49-42(46)30-39(28-34)48-38)16-9-6-8-13-31(2)26-41(45)44-23-19-35(20-24-44)43-21-10-7-11-22-43/h5-6,8-9,13,16-18,32-33,35-40H,7,10-12,14-15,19-30H2,1-4H3. The lowest BCUT2D eigenvalue weighted by Crippen LogP contribution is -2.48. The van der Waals surface area contributed by atoms with Gasteiger partial charge in [0.05, 0.1) is 30.8 Å². The fourth-order valence-electron chi connectivity index (χ4n) is 8.46. The Morgan fingerprint density at radius 3 is 2.29 bits per heavy atom. The molecule has 5 aliphatic heterocycles. The number of carbonyl (C=O) groups is 2. The van der Waals surface area contributed by atoms with Gasteiger partial charge in [-0.2, -0.15) is 0 Å². The molecule has 0 radical (unpaired) electrons. The maximum atomic E-state index is 13.3. The highest BCUT2D eigenvalue weighted by molar-refractivity contribution is 5.78. The van der Waals surface area contributed by atoms with Crippen LogP contribution in [-0.4, -0.2) is 84.4 Å². The number of cyclic esters (lactones) is 1. The molecule has 0 N–H and O–H groups in total. The topological polar surface area (TPSA) is 68.3 Å². The van der Waals surface area contributed by atoms with Crippen molar-refractivity contribution in [3.8, 4) is 0 Å². The lowest BCUT2D eigenvalue weighted by atomic mass is 9.90. The lowest BCUT2D eigenvalue weighted by Gasteiger charge is -2.40. The Morgan fingerprint density at radius 1 is 0.816 bits per heavy atom. The van der Waals surface area contributed by atoms with E-state index in [1.54, 1.807) is 0 Å². The number of amides is 1. The largest absolute Gasteiger partial charge is 0.457 e. The maximum Gasteiger partial charge on any atom is 0.309 e. The summed E-state index contributed by atoms with van der Waals surface area (Å²) >= 11 is 0. The van der Waals surface area contributed by atoms with Gasteiger partial charge < -0.3 is 24.0 Å². The molecule has 49 heavy (non-hydrogen) atoms. The maximum absolute atomic E-state index is 13.3. The molecule has 7 unspecified atom stereocenters. The van der Waals surface area contributed by atoms with Crippen molar-refractivity contribution in [2.75, 3.05) is 26.2 Å². The molecule has 0 aromatic rings. The third-order valence-corrected chi connectivity index (χ3v) is 11.4. The molecule has 1 amide bonds. The Morgan fingerprint density at radius 2 is 1.53 bits per heavy atom. The van der Waals surface area contributed by atoms with Gasteiger partial charge in [-0.1, -0.05) is 73.9 Å². The highest BCUT2D eigenvalue weighted by Crippen LogP contribution is 2.33. The SMILES string of the molecule is CC=C1CC2CC(=O)OC(C=CC=CC=C(C)CC(=O)N3CCC(N4CCCCC4)CC3)C(C)C=CC(C)CC3CCCC(CC(C1)O2)O3. The van der Waals surface area contributed by atoms with Gasteiger partial charge in [0.1, 0.15) is 6.10 Å². The summed E-state index contributed by atoms with van der Waals surface area (Å²) in [5, 5.41) is 0. The van der Waals surface area contributed by atoms with Crippen LogP contribution in [0, 0.1) is 11.8 Å². The van der Waals surface area contributed by atoms with E-state index in [0.717, 1.165) is 70.0 Å². The van der Waals surface area contributed by atoms with Crippen molar-refractivity contribution in [3.63, 3.8) is 0 Å².